The quantitative estimate of drug-likeness (QED) is 0.361. The van der Waals surface area contributed by atoms with Crippen LogP contribution in [0.15, 0.2) is 42.0 Å². The molecule has 1 saturated carbocycles. The van der Waals surface area contributed by atoms with E-state index in [4.69, 9.17) is 11.5 Å². The fourth-order valence-electron chi connectivity index (χ4n) is 3.44. The summed E-state index contributed by atoms with van der Waals surface area (Å²) in [6.07, 6.45) is 6.10. The number of pyridine rings is 1. The molecule has 11 heteroatoms. The Morgan fingerprint density at radius 2 is 2.06 bits per heavy atom. The molecule has 3 rings (SSSR count). The van der Waals surface area contributed by atoms with Gasteiger partial charge in [-0.25, -0.2) is 9.07 Å². The van der Waals surface area contributed by atoms with Crippen molar-refractivity contribution < 1.29 is 14.0 Å². The number of alkyl halides is 1. The second-order valence-electron chi connectivity index (χ2n) is 8.44. The number of allylic oxidation sites excluding steroid dienone is 3. The fraction of sp³-hybridized carbons (Fsp3) is 0.435. The summed E-state index contributed by atoms with van der Waals surface area (Å²) in [5.41, 5.74) is 15.2. The Kier molecular flexibility index (Phi) is 8.34. The maximum Gasteiger partial charge on any atom is 0.273 e. The highest BCUT2D eigenvalue weighted by Crippen LogP contribution is 2.40. The van der Waals surface area contributed by atoms with Crippen molar-refractivity contribution in [2.24, 2.45) is 11.5 Å². The first-order valence-electron chi connectivity index (χ1n) is 11.2. The Morgan fingerprint density at radius 3 is 2.76 bits per heavy atom. The molecule has 1 aliphatic rings. The number of carbonyl (C=O) groups is 2. The number of aromatic nitrogens is 4. The number of carbonyl (C=O) groups excluding carboxylic acids is 2. The van der Waals surface area contributed by atoms with Gasteiger partial charge in [0.1, 0.15) is 12.0 Å². The van der Waals surface area contributed by atoms with Gasteiger partial charge in [-0.3, -0.25) is 14.6 Å². The van der Waals surface area contributed by atoms with E-state index in [0.29, 0.717) is 17.3 Å². The number of hydrogen-bond acceptors (Lipinski definition) is 7. The first-order chi connectivity index (χ1) is 16.2. The highest BCUT2D eigenvalue weighted by Gasteiger charge is 2.24. The minimum atomic E-state index is -1.23. The summed E-state index contributed by atoms with van der Waals surface area (Å²) in [4.78, 5) is 28.2. The molecule has 182 valence electrons. The number of nitrogens with two attached hydrogens (primary N) is 2. The Hall–Kier alpha value is -3.76. The molecule has 0 bridgehead atoms. The van der Waals surface area contributed by atoms with E-state index in [9.17, 15) is 14.0 Å². The largest absolute Gasteiger partial charge is 0.402 e. The Morgan fingerprint density at radius 1 is 1.29 bits per heavy atom. The maximum absolute atomic E-state index is 14.3. The van der Waals surface area contributed by atoms with Crippen LogP contribution in [0.1, 0.15) is 59.0 Å². The van der Waals surface area contributed by atoms with Crippen LogP contribution in [-0.2, 0) is 17.8 Å². The number of halogens is 1. The molecule has 0 aliphatic heterocycles. The molecule has 1 unspecified atom stereocenters. The van der Waals surface area contributed by atoms with Gasteiger partial charge in [-0.15, -0.1) is 5.10 Å². The molecule has 0 saturated heterocycles. The number of hydrogen-bond donors (Lipinski definition) is 4. The Labute approximate surface area is 197 Å². The lowest BCUT2D eigenvalue weighted by atomic mass is 10.1. The fourth-order valence-corrected chi connectivity index (χ4v) is 3.44. The molecule has 1 aliphatic carbocycles. The SMILES string of the molecule is CNC(=O)c1cn(CC(F)CC/C(N)=C/C=C(\N)NC(=O)Cc2cc(C3CC3)cc(C)n2)nn1. The van der Waals surface area contributed by atoms with Gasteiger partial charge in [-0.05, 0) is 68.4 Å². The Bertz CT molecular complexity index is 1090. The smallest absolute Gasteiger partial charge is 0.273 e. The summed E-state index contributed by atoms with van der Waals surface area (Å²) in [6.45, 7) is 1.88. The van der Waals surface area contributed by atoms with Crippen molar-refractivity contribution in [3.8, 4) is 0 Å². The van der Waals surface area contributed by atoms with Gasteiger partial charge in [0.2, 0.25) is 5.91 Å². The van der Waals surface area contributed by atoms with Gasteiger partial charge >= 0.3 is 0 Å². The van der Waals surface area contributed by atoms with Crippen molar-refractivity contribution >= 4 is 11.8 Å². The molecule has 2 heterocycles. The number of rotatable bonds is 11. The lowest BCUT2D eigenvalue weighted by molar-refractivity contribution is -0.119. The third kappa shape index (κ3) is 7.68. The van der Waals surface area contributed by atoms with Crippen LogP contribution < -0.4 is 22.1 Å². The van der Waals surface area contributed by atoms with Crippen LogP contribution in [0.3, 0.4) is 0 Å². The average molecular weight is 471 g/mol. The van der Waals surface area contributed by atoms with Crippen molar-refractivity contribution in [3.05, 3.63) is 64.6 Å². The van der Waals surface area contributed by atoms with Crippen molar-refractivity contribution in [3.63, 3.8) is 0 Å². The van der Waals surface area contributed by atoms with Crippen molar-refractivity contribution in [1.29, 1.82) is 0 Å². The zero-order valence-electron chi connectivity index (χ0n) is 19.4. The van der Waals surface area contributed by atoms with Crippen LogP contribution in [0.5, 0.6) is 0 Å². The zero-order valence-corrected chi connectivity index (χ0v) is 19.4. The number of nitrogens with zero attached hydrogens (tertiary/aromatic N) is 4. The van der Waals surface area contributed by atoms with Crippen LogP contribution >= 0.6 is 0 Å². The summed E-state index contributed by atoms with van der Waals surface area (Å²) in [7, 11) is 1.48. The van der Waals surface area contributed by atoms with Crippen molar-refractivity contribution in [2.45, 2.75) is 57.7 Å². The van der Waals surface area contributed by atoms with Crippen LogP contribution in [0, 0.1) is 6.92 Å². The first-order valence-corrected chi connectivity index (χ1v) is 11.2. The van der Waals surface area contributed by atoms with Crippen LogP contribution in [0.4, 0.5) is 4.39 Å². The van der Waals surface area contributed by atoms with Gasteiger partial charge < -0.3 is 22.1 Å². The first kappa shape index (κ1) is 24.9. The summed E-state index contributed by atoms with van der Waals surface area (Å²) in [5, 5.41) is 12.5. The van der Waals surface area contributed by atoms with Crippen molar-refractivity contribution in [2.75, 3.05) is 7.05 Å². The van der Waals surface area contributed by atoms with Crippen LogP contribution in [0.25, 0.3) is 0 Å². The molecule has 1 fully saturated rings. The van der Waals surface area contributed by atoms with E-state index in [2.05, 4.69) is 32.0 Å². The van der Waals surface area contributed by atoms with E-state index in [0.717, 1.165) is 5.69 Å². The molecule has 2 aromatic rings. The topological polar surface area (TPSA) is 154 Å². The van der Waals surface area contributed by atoms with E-state index >= 15 is 0 Å². The minimum absolute atomic E-state index is 0.0409. The third-order valence-electron chi connectivity index (χ3n) is 5.31. The molecule has 0 aromatic carbocycles. The zero-order chi connectivity index (χ0) is 24.7. The highest BCUT2D eigenvalue weighted by atomic mass is 19.1. The number of aryl methyl sites for hydroxylation is 1. The number of amides is 2. The maximum atomic E-state index is 14.3. The average Bonchev–Trinajstić information content (AvgIpc) is 3.54. The summed E-state index contributed by atoms with van der Waals surface area (Å²) >= 11 is 0. The number of nitrogens with one attached hydrogen (secondary N) is 2. The molecule has 2 aromatic heterocycles. The van der Waals surface area contributed by atoms with Gasteiger partial charge in [0.15, 0.2) is 5.69 Å². The molecule has 1 atom stereocenters. The lowest BCUT2D eigenvalue weighted by Gasteiger charge is -2.08. The molecular formula is C23H31FN8O2. The molecule has 34 heavy (non-hydrogen) atoms. The van der Waals surface area contributed by atoms with Gasteiger partial charge in [-0.1, -0.05) is 5.21 Å². The van der Waals surface area contributed by atoms with Crippen LogP contribution in [-0.4, -0.2) is 45.0 Å². The molecular weight excluding hydrogens is 439 g/mol. The molecule has 0 radical (unpaired) electrons. The summed E-state index contributed by atoms with van der Waals surface area (Å²) < 4.78 is 15.5. The summed E-state index contributed by atoms with van der Waals surface area (Å²) in [6, 6.07) is 4.05. The third-order valence-corrected chi connectivity index (χ3v) is 5.31. The van der Waals surface area contributed by atoms with E-state index in [1.165, 1.54) is 48.5 Å². The lowest BCUT2D eigenvalue weighted by Crippen LogP contribution is -2.29. The molecule has 6 N–H and O–H groups in total. The van der Waals surface area contributed by atoms with E-state index in [-0.39, 0.29) is 49.1 Å². The van der Waals surface area contributed by atoms with Crippen LogP contribution in [0.2, 0.25) is 0 Å². The van der Waals surface area contributed by atoms with Gasteiger partial charge in [-0.2, -0.15) is 0 Å². The predicted octanol–water partition coefficient (Wildman–Crippen LogP) is 1.34. The van der Waals surface area contributed by atoms with E-state index in [1.807, 2.05) is 13.0 Å². The second kappa shape index (κ2) is 11.4. The van der Waals surface area contributed by atoms with E-state index < -0.39 is 6.17 Å². The van der Waals surface area contributed by atoms with Crippen molar-refractivity contribution in [1.82, 2.24) is 30.6 Å². The predicted molar refractivity (Wildman–Crippen MR) is 125 cm³/mol. The Balaban J connectivity index is 1.43. The monoisotopic (exact) mass is 470 g/mol. The molecule has 0 spiro atoms. The normalized spacial score (nSPS) is 15.1. The standard InChI is InChI=1S/C23H31FN8O2/c1-14-9-16(15-3-4-15)10-19(28-14)11-22(33)29-21(26)8-7-18(25)6-5-17(24)12-32-13-20(30-31-32)23(34)27-2/h7-10,13,15,17H,3-6,11-12,25-26H2,1-2H3,(H,27,34)(H,29,33)/b18-7-,21-8+. The van der Waals surface area contributed by atoms with Gasteiger partial charge in [0.25, 0.3) is 5.91 Å². The second-order valence-corrected chi connectivity index (χ2v) is 8.44. The highest BCUT2D eigenvalue weighted by molar-refractivity contribution is 5.91. The molecule has 2 amide bonds. The summed E-state index contributed by atoms with van der Waals surface area (Å²) in [5.74, 6) is 0.0720. The van der Waals surface area contributed by atoms with Gasteiger partial charge in [0, 0.05) is 18.4 Å². The minimum Gasteiger partial charge on any atom is -0.402 e. The van der Waals surface area contributed by atoms with Gasteiger partial charge in [0.05, 0.1) is 24.9 Å². The van der Waals surface area contributed by atoms with E-state index in [1.54, 1.807) is 0 Å². The molecule has 10 nitrogen and oxygen atoms in total.